The van der Waals surface area contributed by atoms with Crippen molar-refractivity contribution in [2.45, 2.75) is 20.8 Å². The maximum absolute atomic E-state index is 12.5. The average molecular weight is 351 g/mol. The second-order valence-electron chi connectivity index (χ2n) is 6.83. The summed E-state index contributed by atoms with van der Waals surface area (Å²) < 4.78 is 0. The molecule has 1 saturated heterocycles. The predicted octanol–water partition coefficient (Wildman–Crippen LogP) is 3.86. The number of nitrogens with zero attached hydrogens (tertiary/aromatic N) is 2. The molecule has 3 rings (SSSR count). The second-order valence-corrected chi connectivity index (χ2v) is 6.83. The van der Waals surface area contributed by atoms with Crippen molar-refractivity contribution >= 4 is 23.2 Å². The summed E-state index contributed by atoms with van der Waals surface area (Å²) in [7, 11) is 0. The molecule has 0 atom stereocenters. The van der Waals surface area contributed by atoms with E-state index >= 15 is 0 Å². The maximum Gasteiger partial charge on any atom is 0.321 e. The molecule has 2 aromatic rings. The number of amides is 2. The highest BCUT2D eigenvalue weighted by atomic mass is 16.2. The Bertz CT molecular complexity index is 824. The Morgan fingerprint density at radius 1 is 0.962 bits per heavy atom. The van der Waals surface area contributed by atoms with Gasteiger partial charge in [-0.15, -0.1) is 0 Å². The van der Waals surface area contributed by atoms with Crippen molar-refractivity contribution < 1.29 is 9.59 Å². The number of urea groups is 1. The van der Waals surface area contributed by atoms with Gasteiger partial charge < -0.3 is 15.1 Å². The number of aryl methyl sites for hydroxylation is 2. The van der Waals surface area contributed by atoms with E-state index in [2.05, 4.69) is 16.3 Å². The van der Waals surface area contributed by atoms with Gasteiger partial charge in [0, 0.05) is 43.1 Å². The number of ketones is 1. The molecule has 1 N–H and O–H groups in total. The summed E-state index contributed by atoms with van der Waals surface area (Å²) in [5, 5.41) is 3.01. The van der Waals surface area contributed by atoms with E-state index in [1.807, 2.05) is 55.1 Å². The van der Waals surface area contributed by atoms with Gasteiger partial charge in [-0.1, -0.05) is 29.8 Å². The van der Waals surface area contributed by atoms with Crippen LogP contribution in [0.25, 0.3) is 0 Å². The van der Waals surface area contributed by atoms with E-state index in [0.717, 1.165) is 35.6 Å². The molecule has 136 valence electrons. The van der Waals surface area contributed by atoms with Crippen LogP contribution in [0.15, 0.2) is 42.5 Å². The van der Waals surface area contributed by atoms with E-state index < -0.39 is 0 Å². The van der Waals surface area contributed by atoms with Gasteiger partial charge in [0.05, 0.1) is 0 Å². The van der Waals surface area contributed by atoms with Crippen LogP contribution in [-0.2, 0) is 0 Å². The summed E-state index contributed by atoms with van der Waals surface area (Å²) in [5.74, 6) is 0.0679. The largest absolute Gasteiger partial charge is 0.368 e. The fourth-order valence-corrected chi connectivity index (χ4v) is 3.24. The lowest BCUT2D eigenvalue weighted by Crippen LogP contribution is -2.50. The molecular weight excluding hydrogens is 326 g/mol. The molecule has 1 aliphatic heterocycles. The van der Waals surface area contributed by atoms with Gasteiger partial charge in [-0.25, -0.2) is 4.79 Å². The first-order chi connectivity index (χ1) is 12.4. The first kappa shape index (κ1) is 18.0. The van der Waals surface area contributed by atoms with Gasteiger partial charge in [-0.2, -0.15) is 0 Å². The highest BCUT2D eigenvalue weighted by molar-refractivity contribution is 5.95. The smallest absolute Gasteiger partial charge is 0.321 e. The van der Waals surface area contributed by atoms with E-state index in [4.69, 9.17) is 0 Å². The fourth-order valence-electron chi connectivity index (χ4n) is 3.24. The SMILES string of the molecule is CC(=O)c1cccc(N2CCN(C(=O)Nc3ccc(C)cc3C)CC2)c1. The lowest BCUT2D eigenvalue weighted by molar-refractivity contribution is 0.101. The van der Waals surface area contributed by atoms with Crippen LogP contribution in [0.5, 0.6) is 0 Å². The zero-order valence-electron chi connectivity index (χ0n) is 15.6. The van der Waals surface area contributed by atoms with Crippen LogP contribution in [-0.4, -0.2) is 42.9 Å². The quantitative estimate of drug-likeness (QED) is 0.855. The summed E-state index contributed by atoms with van der Waals surface area (Å²) in [6, 6.07) is 13.6. The Morgan fingerprint density at radius 2 is 1.69 bits per heavy atom. The molecule has 1 fully saturated rings. The highest BCUT2D eigenvalue weighted by Gasteiger charge is 2.22. The number of carbonyl (C=O) groups is 2. The summed E-state index contributed by atoms with van der Waals surface area (Å²) in [6.45, 7) is 8.43. The summed E-state index contributed by atoms with van der Waals surface area (Å²) >= 11 is 0. The molecular formula is C21H25N3O2. The molecule has 2 amide bonds. The number of nitrogens with one attached hydrogen (secondary N) is 1. The molecule has 5 heteroatoms. The number of carbonyl (C=O) groups excluding carboxylic acids is 2. The highest BCUT2D eigenvalue weighted by Crippen LogP contribution is 2.20. The Balaban J connectivity index is 1.60. The average Bonchev–Trinajstić information content (AvgIpc) is 2.64. The normalized spacial score (nSPS) is 14.3. The third-order valence-corrected chi connectivity index (χ3v) is 4.81. The second kappa shape index (κ2) is 7.60. The summed E-state index contributed by atoms with van der Waals surface area (Å²) in [4.78, 5) is 28.2. The number of hydrogen-bond acceptors (Lipinski definition) is 3. The Kier molecular flexibility index (Phi) is 5.26. The van der Waals surface area contributed by atoms with E-state index in [1.54, 1.807) is 6.92 Å². The van der Waals surface area contributed by atoms with Crippen molar-refractivity contribution in [2.75, 3.05) is 36.4 Å². The van der Waals surface area contributed by atoms with Crippen LogP contribution in [0.4, 0.5) is 16.2 Å². The first-order valence-electron chi connectivity index (χ1n) is 8.93. The predicted molar refractivity (Wildman–Crippen MR) is 105 cm³/mol. The van der Waals surface area contributed by atoms with Gasteiger partial charge in [-0.3, -0.25) is 4.79 Å². The Hall–Kier alpha value is -2.82. The zero-order chi connectivity index (χ0) is 18.7. The number of benzene rings is 2. The van der Waals surface area contributed by atoms with E-state index in [-0.39, 0.29) is 11.8 Å². The van der Waals surface area contributed by atoms with Crippen molar-refractivity contribution in [3.63, 3.8) is 0 Å². The summed E-state index contributed by atoms with van der Waals surface area (Å²) in [5.41, 5.74) is 4.86. The molecule has 0 radical (unpaired) electrons. The lowest BCUT2D eigenvalue weighted by Gasteiger charge is -2.36. The molecule has 0 aliphatic carbocycles. The van der Waals surface area contributed by atoms with E-state index in [0.29, 0.717) is 13.1 Å². The third-order valence-electron chi connectivity index (χ3n) is 4.81. The van der Waals surface area contributed by atoms with Crippen LogP contribution in [0.1, 0.15) is 28.4 Å². The number of anilines is 2. The van der Waals surface area contributed by atoms with Crippen molar-refractivity contribution in [1.29, 1.82) is 0 Å². The molecule has 0 aromatic heterocycles. The Labute approximate surface area is 154 Å². The lowest BCUT2D eigenvalue weighted by atomic mass is 10.1. The van der Waals surface area contributed by atoms with Crippen LogP contribution in [0.3, 0.4) is 0 Å². The van der Waals surface area contributed by atoms with Crippen LogP contribution in [0.2, 0.25) is 0 Å². The first-order valence-corrected chi connectivity index (χ1v) is 8.93. The number of rotatable bonds is 3. The van der Waals surface area contributed by atoms with Gasteiger partial charge in [0.25, 0.3) is 0 Å². The van der Waals surface area contributed by atoms with Crippen molar-refractivity contribution in [1.82, 2.24) is 4.90 Å². The fraction of sp³-hybridized carbons (Fsp3) is 0.333. The number of Topliss-reactive ketones (excluding diaryl/α,β-unsaturated/α-hetero) is 1. The monoisotopic (exact) mass is 351 g/mol. The molecule has 1 aliphatic rings. The minimum atomic E-state index is -0.0610. The maximum atomic E-state index is 12.5. The van der Waals surface area contributed by atoms with Gasteiger partial charge >= 0.3 is 6.03 Å². The molecule has 0 bridgehead atoms. The van der Waals surface area contributed by atoms with Crippen molar-refractivity contribution in [2.24, 2.45) is 0 Å². The van der Waals surface area contributed by atoms with Gasteiger partial charge in [0.2, 0.25) is 0 Å². The summed E-state index contributed by atoms with van der Waals surface area (Å²) in [6.07, 6.45) is 0. The van der Waals surface area contributed by atoms with Gasteiger partial charge in [0.15, 0.2) is 5.78 Å². The molecule has 0 unspecified atom stereocenters. The van der Waals surface area contributed by atoms with Crippen molar-refractivity contribution in [3.05, 3.63) is 59.2 Å². The third kappa shape index (κ3) is 4.04. The molecule has 2 aromatic carbocycles. The van der Waals surface area contributed by atoms with E-state index in [1.165, 1.54) is 5.56 Å². The molecule has 0 spiro atoms. The Morgan fingerprint density at radius 3 is 2.35 bits per heavy atom. The standard InChI is InChI=1S/C21H25N3O2/c1-15-7-8-20(16(2)13-15)22-21(26)24-11-9-23(10-12-24)19-6-4-5-18(14-19)17(3)25/h4-8,13-14H,9-12H2,1-3H3,(H,22,26). The van der Waals surface area contributed by atoms with Crippen LogP contribution >= 0.6 is 0 Å². The minimum absolute atomic E-state index is 0.0610. The van der Waals surface area contributed by atoms with Crippen LogP contribution < -0.4 is 10.2 Å². The number of hydrogen-bond donors (Lipinski definition) is 1. The topological polar surface area (TPSA) is 52.7 Å². The van der Waals surface area contributed by atoms with E-state index in [9.17, 15) is 9.59 Å². The molecule has 26 heavy (non-hydrogen) atoms. The molecule has 5 nitrogen and oxygen atoms in total. The van der Waals surface area contributed by atoms with Gasteiger partial charge in [0.1, 0.15) is 0 Å². The zero-order valence-corrected chi connectivity index (χ0v) is 15.6. The number of piperazine rings is 1. The van der Waals surface area contributed by atoms with Crippen LogP contribution in [0, 0.1) is 13.8 Å². The molecule has 1 heterocycles. The van der Waals surface area contributed by atoms with Gasteiger partial charge in [-0.05, 0) is 44.5 Å². The molecule has 0 saturated carbocycles. The van der Waals surface area contributed by atoms with Crippen molar-refractivity contribution in [3.8, 4) is 0 Å². The minimum Gasteiger partial charge on any atom is -0.368 e.